The molecule has 1 rings (SSSR count). The Morgan fingerprint density at radius 3 is 2.48 bits per heavy atom. The molecule has 0 unspecified atom stereocenters. The van der Waals surface area contributed by atoms with E-state index in [4.69, 9.17) is 15.9 Å². The largest absolute Gasteiger partial charge is 0.481 e. The zero-order chi connectivity index (χ0) is 16.0. The lowest BCUT2D eigenvalue weighted by molar-refractivity contribution is -0.140. The number of anilines is 1. The van der Waals surface area contributed by atoms with Crippen molar-refractivity contribution in [1.29, 1.82) is 0 Å². The Morgan fingerprint density at radius 1 is 1.29 bits per heavy atom. The highest BCUT2D eigenvalue weighted by Gasteiger charge is 2.21. The first-order valence-electron chi connectivity index (χ1n) is 6.11. The summed E-state index contributed by atoms with van der Waals surface area (Å²) in [6.45, 7) is 0. The molecule has 5 N–H and O–H groups in total. The van der Waals surface area contributed by atoms with E-state index in [0.717, 1.165) is 6.07 Å². The van der Waals surface area contributed by atoms with E-state index >= 15 is 0 Å². The van der Waals surface area contributed by atoms with Crippen molar-refractivity contribution in [3.8, 4) is 0 Å². The minimum Gasteiger partial charge on any atom is -0.481 e. The first-order valence-corrected chi connectivity index (χ1v) is 6.11. The molecule has 0 radical (unpaired) electrons. The molecule has 0 aliphatic heterocycles. The molecule has 114 valence electrons. The maximum absolute atomic E-state index is 13.2. The van der Waals surface area contributed by atoms with Crippen molar-refractivity contribution in [1.82, 2.24) is 5.32 Å². The summed E-state index contributed by atoms with van der Waals surface area (Å²) in [5.41, 5.74) is 5.09. The normalized spacial score (nSPS) is 11.7. The van der Waals surface area contributed by atoms with Crippen LogP contribution in [-0.4, -0.2) is 34.1 Å². The number of hydrogen-bond donors (Lipinski definition) is 4. The quantitative estimate of drug-likeness (QED) is 0.552. The van der Waals surface area contributed by atoms with Gasteiger partial charge in [-0.2, -0.15) is 0 Å². The zero-order valence-corrected chi connectivity index (χ0v) is 11.0. The Hall–Kier alpha value is -2.64. The zero-order valence-electron chi connectivity index (χ0n) is 11.0. The number of halogens is 1. The van der Waals surface area contributed by atoms with E-state index in [1.54, 1.807) is 0 Å². The van der Waals surface area contributed by atoms with Gasteiger partial charge in [0, 0.05) is 12.0 Å². The van der Waals surface area contributed by atoms with Gasteiger partial charge in [-0.1, -0.05) is 0 Å². The van der Waals surface area contributed by atoms with Crippen LogP contribution < -0.4 is 11.1 Å². The number of aliphatic carboxylic acids is 2. The smallest absolute Gasteiger partial charge is 0.326 e. The molecule has 0 heterocycles. The van der Waals surface area contributed by atoms with Gasteiger partial charge in [-0.3, -0.25) is 9.59 Å². The monoisotopic (exact) mass is 298 g/mol. The van der Waals surface area contributed by atoms with Crippen LogP contribution in [0.3, 0.4) is 0 Å². The van der Waals surface area contributed by atoms with Crippen LogP contribution in [0.15, 0.2) is 18.2 Å². The number of carboxylic acids is 2. The van der Waals surface area contributed by atoms with Crippen LogP contribution in [0.25, 0.3) is 0 Å². The topological polar surface area (TPSA) is 130 Å². The van der Waals surface area contributed by atoms with Gasteiger partial charge in [0.05, 0.1) is 5.69 Å². The summed E-state index contributed by atoms with van der Waals surface area (Å²) in [5, 5.41) is 19.7. The van der Waals surface area contributed by atoms with Gasteiger partial charge in [0.1, 0.15) is 11.9 Å². The molecular weight excluding hydrogens is 283 g/mol. The van der Waals surface area contributed by atoms with E-state index in [9.17, 15) is 18.8 Å². The van der Waals surface area contributed by atoms with Gasteiger partial charge >= 0.3 is 11.9 Å². The minimum absolute atomic E-state index is 0.0369. The van der Waals surface area contributed by atoms with Gasteiger partial charge in [-0.05, 0) is 31.0 Å². The molecule has 7 nitrogen and oxygen atoms in total. The van der Waals surface area contributed by atoms with Crippen LogP contribution in [0.1, 0.15) is 29.6 Å². The summed E-state index contributed by atoms with van der Waals surface area (Å²) >= 11 is 0. The molecule has 1 aromatic rings. The number of carboxylic acid groups (broad SMARTS) is 2. The number of hydrogen-bond acceptors (Lipinski definition) is 4. The lowest BCUT2D eigenvalue weighted by Crippen LogP contribution is -2.40. The third-order valence-electron chi connectivity index (χ3n) is 2.75. The standard InChI is InChI=1S/C13H15FN2O5/c14-8-6-7(4-5-9(8)15)12(19)16-10(13(20)21)2-1-3-11(17)18/h4-6,10H,1-3,15H2,(H,16,19)(H,17,18)(H,20,21)/t10-/m1/s1. The van der Waals surface area contributed by atoms with Gasteiger partial charge in [0.2, 0.25) is 0 Å². The molecule has 1 amide bonds. The predicted molar refractivity (Wildman–Crippen MR) is 71.2 cm³/mol. The first-order chi connectivity index (χ1) is 9.81. The van der Waals surface area contributed by atoms with E-state index in [2.05, 4.69) is 5.32 Å². The van der Waals surface area contributed by atoms with Crippen LogP contribution in [-0.2, 0) is 9.59 Å². The fourth-order valence-electron chi connectivity index (χ4n) is 1.62. The van der Waals surface area contributed by atoms with Gasteiger partial charge in [-0.25, -0.2) is 9.18 Å². The van der Waals surface area contributed by atoms with Crippen LogP contribution in [0, 0.1) is 5.82 Å². The molecular formula is C13H15FN2O5. The molecule has 0 bridgehead atoms. The second-order valence-corrected chi connectivity index (χ2v) is 4.39. The SMILES string of the molecule is Nc1ccc(C(=O)N[C@H](CCCC(=O)O)C(=O)O)cc1F. The van der Waals surface area contributed by atoms with E-state index in [0.29, 0.717) is 0 Å². The van der Waals surface area contributed by atoms with Gasteiger partial charge < -0.3 is 21.3 Å². The maximum atomic E-state index is 13.2. The highest BCUT2D eigenvalue weighted by atomic mass is 19.1. The van der Waals surface area contributed by atoms with Crippen molar-refractivity contribution in [2.24, 2.45) is 0 Å². The van der Waals surface area contributed by atoms with Crippen molar-refractivity contribution in [3.63, 3.8) is 0 Å². The minimum atomic E-state index is -1.29. The second-order valence-electron chi connectivity index (χ2n) is 4.39. The number of benzene rings is 1. The Kier molecular flexibility index (Phi) is 5.65. The summed E-state index contributed by atoms with van der Waals surface area (Å²) in [6, 6.07) is 2.13. The number of rotatable bonds is 7. The van der Waals surface area contributed by atoms with Crippen LogP contribution in [0.2, 0.25) is 0 Å². The van der Waals surface area contributed by atoms with E-state index in [1.807, 2.05) is 0 Å². The van der Waals surface area contributed by atoms with Gasteiger partial charge in [0.15, 0.2) is 0 Å². The summed E-state index contributed by atoms with van der Waals surface area (Å²) in [5.74, 6) is -3.88. The fourth-order valence-corrected chi connectivity index (χ4v) is 1.62. The van der Waals surface area contributed by atoms with E-state index in [1.165, 1.54) is 12.1 Å². The predicted octanol–water partition coefficient (Wildman–Crippen LogP) is 0.846. The molecule has 0 aromatic heterocycles. The van der Waals surface area contributed by atoms with Crippen LogP contribution >= 0.6 is 0 Å². The third kappa shape index (κ3) is 5.09. The summed E-state index contributed by atoms with van der Waals surface area (Å²) in [6.07, 6.45) is -0.135. The number of amides is 1. The fraction of sp³-hybridized carbons (Fsp3) is 0.308. The Balaban J connectivity index is 2.69. The third-order valence-corrected chi connectivity index (χ3v) is 2.75. The highest BCUT2D eigenvalue weighted by Crippen LogP contribution is 2.12. The lowest BCUT2D eigenvalue weighted by Gasteiger charge is -2.14. The van der Waals surface area contributed by atoms with Crippen LogP contribution in [0.4, 0.5) is 10.1 Å². The van der Waals surface area contributed by atoms with E-state index in [-0.39, 0.29) is 30.5 Å². The van der Waals surface area contributed by atoms with Gasteiger partial charge in [-0.15, -0.1) is 0 Å². The summed E-state index contributed by atoms with van der Waals surface area (Å²) in [4.78, 5) is 33.2. The number of nitrogen functional groups attached to an aromatic ring is 1. The summed E-state index contributed by atoms with van der Waals surface area (Å²) in [7, 11) is 0. The highest BCUT2D eigenvalue weighted by molar-refractivity contribution is 5.96. The van der Waals surface area contributed by atoms with Crippen molar-refractivity contribution >= 4 is 23.5 Å². The molecule has 1 aromatic carbocycles. The molecule has 0 spiro atoms. The van der Waals surface area contributed by atoms with Crippen LogP contribution in [0.5, 0.6) is 0 Å². The molecule has 0 aliphatic rings. The molecule has 8 heteroatoms. The molecule has 0 fully saturated rings. The van der Waals surface area contributed by atoms with Crippen molar-refractivity contribution in [3.05, 3.63) is 29.6 Å². The first kappa shape index (κ1) is 16.4. The molecule has 0 saturated heterocycles. The number of nitrogens with two attached hydrogens (primary N) is 1. The average molecular weight is 298 g/mol. The Morgan fingerprint density at radius 2 is 1.95 bits per heavy atom. The molecule has 0 saturated carbocycles. The van der Waals surface area contributed by atoms with E-state index < -0.39 is 29.7 Å². The lowest BCUT2D eigenvalue weighted by atomic mass is 10.1. The average Bonchev–Trinajstić information content (AvgIpc) is 2.40. The number of carbonyl (C=O) groups is 3. The Labute approximate surface area is 119 Å². The van der Waals surface area contributed by atoms with Crippen molar-refractivity contribution in [2.75, 3.05) is 5.73 Å². The molecule has 0 aliphatic carbocycles. The van der Waals surface area contributed by atoms with Crippen molar-refractivity contribution in [2.45, 2.75) is 25.3 Å². The molecule has 21 heavy (non-hydrogen) atoms. The second kappa shape index (κ2) is 7.22. The summed E-state index contributed by atoms with van der Waals surface area (Å²) < 4.78 is 13.2. The van der Waals surface area contributed by atoms with Gasteiger partial charge in [0.25, 0.3) is 5.91 Å². The number of carbonyl (C=O) groups excluding carboxylic acids is 1. The van der Waals surface area contributed by atoms with Crippen molar-refractivity contribution < 1.29 is 29.0 Å². The number of nitrogens with one attached hydrogen (secondary N) is 1. The molecule has 1 atom stereocenters. The Bertz CT molecular complexity index is 561. The maximum Gasteiger partial charge on any atom is 0.326 e.